The predicted molar refractivity (Wildman–Crippen MR) is 88.8 cm³/mol. The maximum Gasteiger partial charge on any atom is 0.127 e. The minimum absolute atomic E-state index is 0.0635. The van der Waals surface area contributed by atoms with E-state index in [2.05, 4.69) is 6.07 Å². The monoisotopic (exact) mass is 338 g/mol. The SMILES string of the molecule is C[C@H](CC(C)(C)S(N)=O)c1cc(F)cc2c1O[C@](C)(CC#N)C2. The molecule has 1 aromatic rings. The van der Waals surface area contributed by atoms with Crippen LogP contribution in [-0.2, 0) is 17.4 Å². The Labute approximate surface area is 139 Å². The Morgan fingerprint density at radius 3 is 2.78 bits per heavy atom. The first kappa shape index (κ1) is 17.9. The van der Waals surface area contributed by atoms with Crippen LogP contribution in [0, 0.1) is 17.1 Å². The Balaban J connectivity index is 2.36. The van der Waals surface area contributed by atoms with Crippen molar-refractivity contribution in [2.75, 3.05) is 0 Å². The van der Waals surface area contributed by atoms with Crippen molar-refractivity contribution < 1.29 is 13.3 Å². The zero-order valence-corrected chi connectivity index (χ0v) is 14.8. The van der Waals surface area contributed by atoms with Gasteiger partial charge in [0.15, 0.2) is 0 Å². The Morgan fingerprint density at radius 2 is 2.22 bits per heavy atom. The van der Waals surface area contributed by atoms with Gasteiger partial charge in [-0.25, -0.2) is 8.60 Å². The summed E-state index contributed by atoms with van der Waals surface area (Å²) in [6, 6.07) is 5.07. The van der Waals surface area contributed by atoms with Crippen LogP contribution in [0.3, 0.4) is 0 Å². The second kappa shape index (κ2) is 6.21. The van der Waals surface area contributed by atoms with E-state index in [1.165, 1.54) is 12.1 Å². The topological polar surface area (TPSA) is 76.1 Å². The van der Waals surface area contributed by atoms with E-state index in [4.69, 9.17) is 15.1 Å². The molecular weight excluding hydrogens is 315 g/mol. The minimum atomic E-state index is -1.47. The number of halogens is 1. The second-order valence-electron chi connectivity index (χ2n) is 7.21. The minimum Gasteiger partial charge on any atom is -0.486 e. The predicted octanol–water partition coefficient (Wildman–Crippen LogP) is 3.33. The lowest BCUT2D eigenvalue weighted by molar-refractivity contribution is 0.120. The van der Waals surface area contributed by atoms with Gasteiger partial charge in [0.1, 0.15) is 17.2 Å². The summed E-state index contributed by atoms with van der Waals surface area (Å²) in [4.78, 5) is 0. The Morgan fingerprint density at radius 1 is 1.57 bits per heavy atom. The molecule has 4 nitrogen and oxygen atoms in total. The first-order chi connectivity index (χ1) is 10.6. The van der Waals surface area contributed by atoms with Crippen molar-refractivity contribution >= 4 is 11.0 Å². The number of ether oxygens (including phenoxy) is 1. The molecule has 0 fully saturated rings. The van der Waals surface area contributed by atoms with Crippen LogP contribution in [0.15, 0.2) is 12.1 Å². The normalized spacial score (nSPS) is 22.8. The number of nitrogens with zero attached hydrogens (tertiary/aromatic N) is 1. The Bertz CT molecular complexity index is 684. The standard InChI is InChI=1S/C17H23FN2O2S/c1-11(9-16(2,3)23(20)21)14-8-13(18)7-12-10-17(4,5-6-19)22-15(12)14/h7-8,11H,5,9-10,20H2,1-4H3/t11-,17-,23?/m1/s1. The van der Waals surface area contributed by atoms with E-state index in [1.54, 1.807) is 0 Å². The van der Waals surface area contributed by atoms with Gasteiger partial charge in [-0.3, -0.25) is 5.14 Å². The average Bonchev–Trinajstić information content (AvgIpc) is 2.73. The molecule has 1 unspecified atom stereocenters. The van der Waals surface area contributed by atoms with Crippen molar-refractivity contribution in [3.05, 3.63) is 29.1 Å². The summed E-state index contributed by atoms with van der Waals surface area (Å²) in [5.74, 6) is 0.281. The maximum absolute atomic E-state index is 14.0. The first-order valence-electron chi connectivity index (χ1n) is 7.62. The molecule has 0 spiro atoms. The number of fused-ring (bicyclic) bond motifs is 1. The molecule has 0 bridgehead atoms. The van der Waals surface area contributed by atoms with Gasteiger partial charge in [-0.15, -0.1) is 0 Å². The maximum atomic E-state index is 14.0. The summed E-state index contributed by atoms with van der Waals surface area (Å²) in [5.41, 5.74) is 0.919. The summed E-state index contributed by atoms with van der Waals surface area (Å²) >= 11 is 0. The third kappa shape index (κ3) is 3.73. The summed E-state index contributed by atoms with van der Waals surface area (Å²) < 4.78 is 31.1. The van der Waals surface area contributed by atoms with Crippen molar-refractivity contribution in [2.24, 2.45) is 5.14 Å². The van der Waals surface area contributed by atoms with Crippen molar-refractivity contribution in [3.8, 4) is 11.8 Å². The van der Waals surface area contributed by atoms with Crippen LogP contribution >= 0.6 is 0 Å². The van der Waals surface area contributed by atoms with Gasteiger partial charge in [0, 0.05) is 17.5 Å². The molecule has 1 heterocycles. The van der Waals surface area contributed by atoms with Gasteiger partial charge in [0.25, 0.3) is 0 Å². The lowest BCUT2D eigenvalue weighted by Crippen LogP contribution is -2.33. The van der Waals surface area contributed by atoms with E-state index in [0.717, 1.165) is 11.1 Å². The highest BCUT2D eigenvalue weighted by Crippen LogP contribution is 2.44. The molecule has 0 aromatic heterocycles. The van der Waals surface area contributed by atoms with Gasteiger partial charge in [0.2, 0.25) is 0 Å². The van der Waals surface area contributed by atoms with E-state index in [9.17, 15) is 8.60 Å². The molecule has 1 aromatic carbocycles. The molecule has 0 radical (unpaired) electrons. The fourth-order valence-corrected chi connectivity index (χ4v) is 3.59. The van der Waals surface area contributed by atoms with Gasteiger partial charge < -0.3 is 4.74 Å². The van der Waals surface area contributed by atoms with E-state index < -0.39 is 21.3 Å². The zero-order valence-electron chi connectivity index (χ0n) is 14.0. The summed E-state index contributed by atoms with van der Waals surface area (Å²) in [7, 11) is -1.47. The van der Waals surface area contributed by atoms with Crippen molar-refractivity contribution in [1.29, 1.82) is 5.26 Å². The highest BCUT2D eigenvalue weighted by molar-refractivity contribution is 7.84. The molecule has 6 heteroatoms. The van der Waals surface area contributed by atoms with Crippen molar-refractivity contribution in [2.45, 2.75) is 63.2 Å². The third-order valence-electron chi connectivity index (χ3n) is 4.40. The smallest absolute Gasteiger partial charge is 0.127 e. The number of benzene rings is 1. The zero-order chi connectivity index (χ0) is 17.4. The molecule has 0 saturated carbocycles. The molecule has 126 valence electrons. The number of nitrogens with two attached hydrogens (primary N) is 1. The van der Waals surface area contributed by atoms with Crippen LogP contribution in [0.4, 0.5) is 4.39 Å². The summed E-state index contributed by atoms with van der Waals surface area (Å²) in [6.07, 6.45) is 1.30. The first-order valence-corrected chi connectivity index (χ1v) is 8.84. The fraction of sp³-hybridized carbons (Fsp3) is 0.588. The van der Waals surface area contributed by atoms with E-state index >= 15 is 0 Å². The summed E-state index contributed by atoms with van der Waals surface area (Å²) in [6.45, 7) is 7.48. The fourth-order valence-electron chi connectivity index (χ4n) is 3.18. The molecule has 0 saturated heterocycles. The molecule has 1 aliphatic rings. The van der Waals surface area contributed by atoms with Gasteiger partial charge in [0.05, 0.1) is 28.2 Å². The molecule has 3 atom stereocenters. The molecule has 23 heavy (non-hydrogen) atoms. The highest BCUT2D eigenvalue weighted by atomic mass is 32.2. The Hall–Kier alpha value is -1.45. The van der Waals surface area contributed by atoms with E-state index in [1.807, 2.05) is 27.7 Å². The molecule has 1 aliphatic heterocycles. The van der Waals surface area contributed by atoms with Gasteiger partial charge in [-0.2, -0.15) is 5.26 Å². The number of nitriles is 1. The van der Waals surface area contributed by atoms with Crippen LogP contribution in [0.1, 0.15) is 57.6 Å². The molecule has 0 amide bonds. The highest BCUT2D eigenvalue weighted by Gasteiger charge is 2.38. The van der Waals surface area contributed by atoms with Crippen molar-refractivity contribution in [3.63, 3.8) is 0 Å². The van der Waals surface area contributed by atoms with Crippen LogP contribution in [0.2, 0.25) is 0 Å². The molecule has 2 N–H and O–H groups in total. The number of hydrogen-bond donors (Lipinski definition) is 1. The van der Waals surface area contributed by atoms with Crippen LogP contribution in [-0.4, -0.2) is 14.6 Å². The number of rotatable bonds is 5. The molecular formula is C17H23FN2O2S. The van der Waals surface area contributed by atoms with Crippen LogP contribution in [0.5, 0.6) is 5.75 Å². The Kier molecular flexibility index (Phi) is 4.84. The lowest BCUT2D eigenvalue weighted by Gasteiger charge is -2.27. The van der Waals surface area contributed by atoms with E-state index in [-0.39, 0.29) is 18.2 Å². The quantitative estimate of drug-likeness (QED) is 0.894. The van der Waals surface area contributed by atoms with E-state index in [0.29, 0.717) is 18.6 Å². The van der Waals surface area contributed by atoms with Crippen LogP contribution in [0.25, 0.3) is 0 Å². The third-order valence-corrected chi connectivity index (χ3v) is 5.65. The molecule has 0 aliphatic carbocycles. The van der Waals surface area contributed by atoms with Gasteiger partial charge >= 0.3 is 0 Å². The lowest BCUT2D eigenvalue weighted by atomic mass is 9.89. The van der Waals surface area contributed by atoms with Crippen LogP contribution < -0.4 is 9.88 Å². The second-order valence-corrected chi connectivity index (χ2v) is 8.91. The molecule has 2 rings (SSSR count). The number of hydrogen-bond acceptors (Lipinski definition) is 3. The average molecular weight is 338 g/mol. The van der Waals surface area contributed by atoms with Crippen molar-refractivity contribution in [1.82, 2.24) is 0 Å². The largest absolute Gasteiger partial charge is 0.486 e. The van der Waals surface area contributed by atoms with Gasteiger partial charge in [-0.05, 0) is 45.2 Å². The van der Waals surface area contributed by atoms with Gasteiger partial charge in [-0.1, -0.05) is 6.92 Å². The summed E-state index contributed by atoms with van der Waals surface area (Å²) in [5, 5.41) is 14.5.